The molecule has 0 saturated carbocycles. The van der Waals surface area contributed by atoms with Gasteiger partial charge < -0.3 is 15.0 Å². The van der Waals surface area contributed by atoms with E-state index < -0.39 is 0 Å². The second-order valence-corrected chi connectivity index (χ2v) is 7.79. The van der Waals surface area contributed by atoms with Crippen molar-refractivity contribution in [1.82, 2.24) is 19.9 Å². The quantitative estimate of drug-likeness (QED) is 0.723. The molecule has 2 atom stereocenters. The molecule has 0 spiro atoms. The SMILES string of the molecule is CCNC(=O)Cc1ccc(-c2nc(N3C[C@H]4CC[C@@H](C3)O4)c3cccn3n2)cc1. The molecule has 1 amide bonds. The molecule has 5 rings (SSSR count). The third-order valence-electron chi connectivity index (χ3n) is 5.67. The lowest BCUT2D eigenvalue weighted by Gasteiger charge is -2.33. The molecule has 2 fully saturated rings. The number of anilines is 1. The molecule has 7 nitrogen and oxygen atoms in total. The van der Waals surface area contributed by atoms with Crippen molar-refractivity contribution in [3.63, 3.8) is 0 Å². The van der Waals surface area contributed by atoms with Crippen LogP contribution in [-0.4, -0.2) is 52.3 Å². The fourth-order valence-electron chi connectivity index (χ4n) is 4.28. The average molecular weight is 391 g/mol. The summed E-state index contributed by atoms with van der Waals surface area (Å²) >= 11 is 0. The molecule has 2 saturated heterocycles. The average Bonchev–Trinajstić information content (AvgIpc) is 3.33. The van der Waals surface area contributed by atoms with E-state index in [0.717, 1.165) is 48.4 Å². The predicted molar refractivity (Wildman–Crippen MR) is 111 cm³/mol. The van der Waals surface area contributed by atoms with Crippen LogP contribution in [0, 0.1) is 0 Å². The van der Waals surface area contributed by atoms with Crippen molar-refractivity contribution in [2.45, 2.75) is 38.4 Å². The van der Waals surface area contributed by atoms with Gasteiger partial charge in [0.2, 0.25) is 5.91 Å². The van der Waals surface area contributed by atoms with Gasteiger partial charge in [-0.05, 0) is 37.5 Å². The Morgan fingerprint density at radius 1 is 1.17 bits per heavy atom. The zero-order valence-electron chi connectivity index (χ0n) is 16.5. The zero-order chi connectivity index (χ0) is 19.8. The maximum Gasteiger partial charge on any atom is 0.224 e. The van der Waals surface area contributed by atoms with Crippen molar-refractivity contribution in [1.29, 1.82) is 0 Å². The minimum atomic E-state index is 0.0366. The van der Waals surface area contributed by atoms with Crippen molar-refractivity contribution < 1.29 is 9.53 Å². The van der Waals surface area contributed by atoms with E-state index in [1.807, 2.05) is 48.0 Å². The Labute approximate surface area is 169 Å². The Hall–Kier alpha value is -2.93. The van der Waals surface area contributed by atoms with Gasteiger partial charge in [-0.15, -0.1) is 5.10 Å². The van der Waals surface area contributed by atoms with Crippen LogP contribution in [-0.2, 0) is 16.0 Å². The molecule has 1 aromatic carbocycles. The summed E-state index contributed by atoms with van der Waals surface area (Å²) in [4.78, 5) is 19.1. The number of fused-ring (bicyclic) bond motifs is 3. The number of likely N-dealkylation sites (N-methyl/N-ethyl adjacent to an activating group) is 1. The molecule has 7 heteroatoms. The van der Waals surface area contributed by atoms with Crippen molar-refractivity contribution >= 4 is 17.2 Å². The molecule has 150 valence electrons. The number of nitrogens with one attached hydrogen (secondary N) is 1. The molecule has 3 aromatic rings. The van der Waals surface area contributed by atoms with Crippen LogP contribution in [0.15, 0.2) is 42.6 Å². The normalized spacial score (nSPS) is 20.9. The van der Waals surface area contributed by atoms with Crippen LogP contribution in [0.1, 0.15) is 25.3 Å². The fraction of sp³-hybridized carbons (Fsp3) is 0.409. The van der Waals surface area contributed by atoms with E-state index >= 15 is 0 Å². The topological polar surface area (TPSA) is 71.8 Å². The number of hydrogen-bond donors (Lipinski definition) is 1. The van der Waals surface area contributed by atoms with Gasteiger partial charge in [-0.1, -0.05) is 24.3 Å². The lowest BCUT2D eigenvalue weighted by atomic mass is 10.1. The predicted octanol–water partition coefficient (Wildman–Crippen LogP) is 2.44. The van der Waals surface area contributed by atoms with Crippen LogP contribution >= 0.6 is 0 Å². The fourth-order valence-corrected chi connectivity index (χ4v) is 4.28. The molecular weight excluding hydrogens is 366 g/mol. The summed E-state index contributed by atoms with van der Waals surface area (Å²) in [5.74, 6) is 1.69. The highest BCUT2D eigenvalue weighted by molar-refractivity contribution is 5.78. The standard InChI is InChI=1S/C22H25N5O2/c1-2-23-20(28)12-15-5-7-16(8-6-15)21-24-22(19-4-3-11-27(19)25-21)26-13-17-9-10-18(14-26)29-17/h3-8,11,17-18H,2,9-10,12-14H2,1H3,(H,23,28)/t17-,18+. The summed E-state index contributed by atoms with van der Waals surface area (Å²) < 4.78 is 7.90. The largest absolute Gasteiger partial charge is 0.371 e. The highest BCUT2D eigenvalue weighted by atomic mass is 16.5. The summed E-state index contributed by atoms with van der Waals surface area (Å²) in [6, 6.07) is 12.0. The van der Waals surface area contributed by atoms with Gasteiger partial charge in [0.05, 0.1) is 18.6 Å². The number of rotatable bonds is 5. The number of benzene rings is 1. The van der Waals surface area contributed by atoms with Crippen LogP contribution in [0.2, 0.25) is 0 Å². The zero-order valence-corrected chi connectivity index (χ0v) is 16.5. The van der Waals surface area contributed by atoms with E-state index in [0.29, 0.717) is 31.0 Å². The van der Waals surface area contributed by atoms with E-state index in [1.54, 1.807) is 0 Å². The third kappa shape index (κ3) is 3.58. The summed E-state index contributed by atoms with van der Waals surface area (Å²) in [7, 11) is 0. The summed E-state index contributed by atoms with van der Waals surface area (Å²) in [5.41, 5.74) is 2.94. The van der Waals surface area contributed by atoms with Gasteiger partial charge in [0.25, 0.3) is 0 Å². The van der Waals surface area contributed by atoms with Crippen molar-refractivity contribution in [3.8, 4) is 11.4 Å². The van der Waals surface area contributed by atoms with Crippen LogP contribution in [0.5, 0.6) is 0 Å². The number of amides is 1. The Morgan fingerprint density at radius 2 is 1.93 bits per heavy atom. The van der Waals surface area contributed by atoms with Crippen molar-refractivity contribution in [3.05, 3.63) is 48.2 Å². The summed E-state index contributed by atoms with van der Waals surface area (Å²) in [5, 5.41) is 7.53. The second kappa shape index (κ2) is 7.48. The monoisotopic (exact) mass is 391 g/mol. The number of hydrogen-bond acceptors (Lipinski definition) is 5. The molecule has 2 aliphatic heterocycles. The van der Waals surface area contributed by atoms with Gasteiger partial charge >= 0.3 is 0 Å². The van der Waals surface area contributed by atoms with Gasteiger partial charge in [-0.3, -0.25) is 4.79 Å². The summed E-state index contributed by atoms with van der Waals surface area (Å²) in [6.45, 7) is 4.32. The first-order valence-corrected chi connectivity index (χ1v) is 10.3. The van der Waals surface area contributed by atoms with Crippen LogP contribution in [0.3, 0.4) is 0 Å². The van der Waals surface area contributed by atoms with E-state index in [2.05, 4.69) is 16.3 Å². The van der Waals surface area contributed by atoms with E-state index in [9.17, 15) is 4.79 Å². The lowest BCUT2D eigenvalue weighted by molar-refractivity contribution is -0.120. The molecule has 29 heavy (non-hydrogen) atoms. The minimum absolute atomic E-state index is 0.0366. The highest BCUT2D eigenvalue weighted by Gasteiger charge is 2.35. The molecule has 2 bridgehead atoms. The Kier molecular flexibility index (Phi) is 4.67. The number of aromatic nitrogens is 3. The number of carbonyl (C=O) groups is 1. The first-order chi connectivity index (χ1) is 14.2. The van der Waals surface area contributed by atoms with Crippen LogP contribution in [0.25, 0.3) is 16.9 Å². The molecule has 2 aromatic heterocycles. The first-order valence-electron chi connectivity index (χ1n) is 10.3. The first kappa shape index (κ1) is 18.1. The number of ether oxygens (including phenoxy) is 1. The van der Waals surface area contributed by atoms with Gasteiger partial charge in [-0.25, -0.2) is 9.50 Å². The van der Waals surface area contributed by atoms with Gasteiger partial charge in [-0.2, -0.15) is 0 Å². The second-order valence-electron chi connectivity index (χ2n) is 7.79. The molecule has 2 aliphatic rings. The van der Waals surface area contributed by atoms with Crippen LogP contribution in [0.4, 0.5) is 5.82 Å². The number of nitrogens with zero attached hydrogens (tertiary/aromatic N) is 4. The number of morpholine rings is 1. The molecule has 4 heterocycles. The van der Waals surface area contributed by atoms with Gasteiger partial charge in [0, 0.05) is 31.4 Å². The van der Waals surface area contributed by atoms with Crippen molar-refractivity contribution in [2.24, 2.45) is 0 Å². The molecular formula is C22H25N5O2. The minimum Gasteiger partial charge on any atom is -0.371 e. The Bertz CT molecular complexity index is 1020. The third-order valence-corrected chi connectivity index (χ3v) is 5.67. The number of carbonyl (C=O) groups excluding carboxylic acids is 1. The van der Waals surface area contributed by atoms with Gasteiger partial charge in [0.1, 0.15) is 5.52 Å². The highest BCUT2D eigenvalue weighted by Crippen LogP contribution is 2.31. The van der Waals surface area contributed by atoms with E-state index in [1.165, 1.54) is 0 Å². The van der Waals surface area contributed by atoms with Gasteiger partial charge in [0.15, 0.2) is 11.6 Å². The maximum atomic E-state index is 11.8. The summed E-state index contributed by atoms with van der Waals surface area (Å²) in [6.07, 6.45) is 5.20. The van der Waals surface area contributed by atoms with E-state index in [-0.39, 0.29) is 5.91 Å². The van der Waals surface area contributed by atoms with Crippen molar-refractivity contribution in [2.75, 3.05) is 24.5 Å². The molecule has 0 radical (unpaired) electrons. The lowest BCUT2D eigenvalue weighted by Crippen LogP contribution is -2.43. The maximum absolute atomic E-state index is 11.8. The van der Waals surface area contributed by atoms with E-state index in [4.69, 9.17) is 14.8 Å². The Morgan fingerprint density at radius 3 is 2.66 bits per heavy atom. The Balaban J connectivity index is 1.45. The molecule has 0 aliphatic carbocycles. The smallest absolute Gasteiger partial charge is 0.224 e. The molecule has 1 N–H and O–H groups in total. The molecule has 0 unspecified atom stereocenters. The van der Waals surface area contributed by atoms with Crippen LogP contribution < -0.4 is 10.2 Å².